The number of aliphatic hydroxyl groups excluding tert-OH is 1. The van der Waals surface area contributed by atoms with Crippen LogP contribution < -0.4 is 0 Å². The Morgan fingerprint density at radius 3 is 2.69 bits per heavy atom. The lowest BCUT2D eigenvalue weighted by Crippen LogP contribution is -1.88. The van der Waals surface area contributed by atoms with E-state index in [9.17, 15) is 0 Å². The number of rotatable bonds is 4. The third-order valence-corrected chi connectivity index (χ3v) is 2.62. The lowest BCUT2D eigenvalue weighted by molar-refractivity contribution is 0.414. The molecule has 71 valence electrons. The highest BCUT2D eigenvalue weighted by atomic mass is 32.2. The van der Waals surface area contributed by atoms with Crippen LogP contribution in [0.15, 0.2) is 23.1 Å². The van der Waals surface area contributed by atoms with Crippen LogP contribution in [-0.4, -0.2) is 11.4 Å². The minimum absolute atomic E-state index is 0.898. The molecular weight excluding hydrogens is 180 g/mol. The summed E-state index contributed by atoms with van der Waals surface area (Å²) in [6, 6.07) is 6.20. The van der Waals surface area contributed by atoms with Gasteiger partial charge in [0.25, 0.3) is 0 Å². The second-order valence-electron chi connectivity index (χ2n) is 2.99. The van der Waals surface area contributed by atoms with E-state index >= 15 is 0 Å². The van der Waals surface area contributed by atoms with E-state index in [1.165, 1.54) is 17.1 Å². The maximum absolute atomic E-state index is 8.92. The number of hydrogen-bond acceptors (Lipinski definition) is 2. The Labute approximate surface area is 84.2 Å². The second-order valence-corrected chi connectivity index (χ2v) is 3.87. The summed E-state index contributed by atoms with van der Waals surface area (Å²) in [4.78, 5) is 1.21. The molecule has 0 fully saturated rings. The minimum Gasteiger partial charge on any atom is -0.385 e. The Balaban J connectivity index is 2.93. The standard InChI is InChI=1S/C11H15OS/c1-3-4-9-5-10(8-12)7-11(6-9)13-2/h5-8,12H,3-4H2,1-2H3. The van der Waals surface area contributed by atoms with Gasteiger partial charge in [-0.15, -0.1) is 11.8 Å². The van der Waals surface area contributed by atoms with Gasteiger partial charge in [0.15, 0.2) is 0 Å². The maximum atomic E-state index is 8.92. The maximum Gasteiger partial charge on any atom is 0.109 e. The lowest BCUT2D eigenvalue weighted by atomic mass is 10.1. The molecule has 0 saturated heterocycles. The predicted octanol–water partition coefficient (Wildman–Crippen LogP) is 3.24. The van der Waals surface area contributed by atoms with Crippen molar-refractivity contribution in [3.8, 4) is 0 Å². The number of benzene rings is 1. The summed E-state index contributed by atoms with van der Waals surface area (Å²) in [7, 11) is 0. The van der Waals surface area contributed by atoms with Crippen molar-refractivity contribution < 1.29 is 5.11 Å². The van der Waals surface area contributed by atoms with Gasteiger partial charge in [-0.1, -0.05) is 19.4 Å². The molecule has 0 atom stereocenters. The molecule has 0 aromatic heterocycles. The second kappa shape index (κ2) is 5.30. The molecule has 0 unspecified atom stereocenters. The van der Waals surface area contributed by atoms with Gasteiger partial charge < -0.3 is 5.11 Å². The molecule has 1 radical (unpaired) electrons. The highest BCUT2D eigenvalue weighted by Gasteiger charge is 1.99. The van der Waals surface area contributed by atoms with Gasteiger partial charge in [-0.05, 0) is 35.9 Å². The number of aliphatic hydroxyl groups is 1. The number of thioether (sulfide) groups is 1. The lowest BCUT2D eigenvalue weighted by Gasteiger charge is -2.05. The van der Waals surface area contributed by atoms with E-state index in [0.29, 0.717) is 0 Å². The number of aryl methyl sites for hydroxylation is 1. The molecule has 0 spiro atoms. The fraction of sp³-hybridized carbons (Fsp3) is 0.364. The fourth-order valence-electron chi connectivity index (χ4n) is 1.31. The van der Waals surface area contributed by atoms with Crippen molar-refractivity contribution >= 4 is 11.8 Å². The smallest absolute Gasteiger partial charge is 0.109 e. The first kappa shape index (κ1) is 10.6. The average Bonchev–Trinajstić information content (AvgIpc) is 2.17. The van der Waals surface area contributed by atoms with Crippen molar-refractivity contribution in [2.75, 3.05) is 6.26 Å². The van der Waals surface area contributed by atoms with E-state index in [2.05, 4.69) is 13.0 Å². The van der Waals surface area contributed by atoms with Crippen LogP contribution in [-0.2, 0) is 6.42 Å². The van der Waals surface area contributed by atoms with Gasteiger partial charge in [0, 0.05) is 4.90 Å². The van der Waals surface area contributed by atoms with Gasteiger partial charge in [-0.25, -0.2) is 0 Å². The van der Waals surface area contributed by atoms with E-state index in [4.69, 9.17) is 5.11 Å². The van der Waals surface area contributed by atoms with Gasteiger partial charge in [0.2, 0.25) is 0 Å². The summed E-state index contributed by atoms with van der Waals surface area (Å²) in [5, 5.41) is 8.92. The molecule has 2 heteroatoms. The molecule has 0 amide bonds. The first-order valence-corrected chi connectivity index (χ1v) is 5.68. The highest BCUT2D eigenvalue weighted by molar-refractivity contribution is 7.98. The Hall–Kier alpha value is -0.470. The van der Waals surface area contributed by atoms with Gasteiger partial charge in [-0.3, -0.25) is 0 Å². The van der Waals surface area contributed by atoms with Crippen LogP contribution in [0.3, 0.4) is 0 Å². The molecule has 1 aromatic rings. The molecule has 0 bridgehead atoms. The van der Waals surface area contributed by atoms with E-state index in [-0.39, 0.29) is 0 Å². The van der Waals surface area contributed by atoms with Crippen LogP contribution in [0.2, 0.25) is 0 Å². The minimum atomic E-state index is 0.898. The zero-order chi connectivity index (χ0) is 9.68. The van der Waals surface area contributed by atoms with Crippen LogP contribution in [0.5, 0.6) is 0 Å². The summed E-state index contributed by atoms with van der Waals surface area (Å²) >= 11 is 1.71. The van der Waals surface area contributed by atoms with Crippen molar-refractivity contribution in [3.63, 3.8) is 0 Å². The molecule has 1 aromatic carbocycles. The Bertz CT molecular complexity index is 249. The monoisotopic (exact) mass is 195 g/mol. The van der Waals surface area contributed by atoms with Crippen molar-refractivity contribution in [2.45, 2.75) is 24.7 Å². The summed E-state index contributed by atoms with van der Waals surface area (Å²) in [6.07, 6.45) is 4.27. The van der Waals surface area contributed by atoms with Crippen LogP contribution >= 0.6 is 11.8 Å². The van der Waals surface area contributed by atoms with Crippen LogP contribution in [0, 0.1) is 6.61 Å². The molecule has 0 aliphatic heterocycles. The van der Waals surface area contributed by atoms with Crippen LogP contribution in [0.25, 0.3) is 0 Å². The summed E-state index contributed by atoms with van der Waals surface area (Å²) in [5.41, 5.74) is 2.20. The summed E-state index contributed by atoms with van der Waals surface area (Å²) in [5.74, 6) is 0. The highest BCUT2D eigenvalue weighted by Crippen LogP contribution is 2.20. The SMILES string of the molecule is CCCc1cc([CH]O)cc(SC)c1. The van der Waals surface area contributed by atoms with Gasteiger partial charge >= 0.3 is 0 Å². The van der Waals surface area contributed by atoms with Gasteiger partial charge in [-0.2, -0.15) is 0 Å². The predicted molar refractivity (Wildman–Crippen MR) is 57.6 cm³/mol. The zero-order valence-corrected chi connectivity index (χ0v) is 8.90. The Kier molecular flexibility index (Phi) is 4.33. The molecular formula is C11H15OS. The normalized spacial score (nSPS) is 10.4. The third-order valence-electron chi connectivity index (χ3n) is 1.91. The van der Waals surface area contributed by atoms with Gasteiger partial charge in [0.1, 0.15) is 6.61 Å². The zero-order valence-electron chi connectivity index (χ0n) is 8.08. The van der Waals surface area contributed by atoms with Crippen molar-refractivity contribution in [2.24, 2.45) is 0 Å². The average molecular weight is 195 g/mol. The first-order valence-electron chi connectivity index (χ1n) is 4.45. The molecule has 0 heterocycles. The van der Waals surface area contributed by atoms with E-state index in [1.54, 1.807) is 11.8 Å². The van der Waals surface area contributed by atoms with E-state index in [1.807, 2.05) is 18.4 Å². The van der Waals surface area contributed by atoms with Crippen molar-refractivity contribution in [1.29, 1.82) is 0 Å². The summed E-state index contributed by atoms with van der Waals surface area (Å²) < 4.78 is 0. The third kappa shape index (κ3) is 3.05. The fourth-order valence-corrected chi connectivity index (χ4v) is 1.83. The van der Waals surface area contributed by atoms with Crippen molar-refractivity contribution in [3.05, 3.63) is 35.9 Å². The molecule has 0 saturated carbocycles. The van der Waals surface area contributed by atoms with E-state index < -0.39 is 0 Å². The summed E-state index contributed by atoms with van der Waals surface area (Å²) in [6.45, 7) is 3.33. The van der Waals surface area contributed by atoms with Crippen molar-refractivity contribution in [1.82, 2.24) is 0 Å². The first-order chi connectivity index (χ1) is 6.30. The quantitative estimate of drug-likeness (QED) is 0.744. The molecule has 0 aliphatic rings. The van der Waals surface area contributed by atoms with E-state index in [0.717, 1.165) is 18.4 Å². The molecule has 1 nitrogen and oxygen atoms in total. The van der Waals surface area contributed by atoms with Gasteiger partial charge in [0.05, 0.1) is 0 Å². The molecule has 1 N–H and O–H groups in total. The van der Waals surface area contributed by atoms with Crippen LogP contribution in [0.1, 0.15) is 24.5 Å². The molecule has 1 rings (SSSR count). The number of hydrogen-bond donors (Lipinski definition) is 1. The largest absolute Gasteiger partial charge is 0.385 e. The molecule has 0 aliphatic carbocycles. The Morgan fingerprint density at radius 1 is 1.38 bits per heavy atom. The Morgan fingerprint density at radius 2 is 2.15 bits per heavy atom. The topological polar surface area (TPSA) is 20.2 Å². The molecule has 13 heavy (non-hydrogen) atoms. The van der Waals surface area contributed by atoms with Crippen LogP contribution in [0.4, 0.5) is 0 Å².